The lowest BCUT2D eigenvalue weighted by molar-refractivity contribution is 0.116. The highest BCUT2D eigenvalue weighted by Crippen LogP contribution is 2.30. The summed E-state index contributed by atoms with van der Waals surface area (Å²) in [5.74, 6) is 0. The van der Waals surface area contributed by atoms with Crippen molar-refractivity contribution in [1.82, 2.24) is 23.9 Å². The van der Waals surface area contributed by atoms with Crippen molar-refractivity contribution < 1.29 is 5.11 Å². The van der Waals surface area contributed by atoms with Gasteiger partial charge in [0.2, 0.25) is 0 Å². The van der Waals surface area contributed by atoms with Gasteiger partial charge < -0.3 is 19.4 Å². The molecule has 2 atom stereocenters. The van der Waals surface area contributed by atoms with Crippen LogP contribution in [-0.2, 0) is 6.42 Å². The van der Waals surface area contributed by atoms with Gasteiger partial charge in [0.15, 0.2) is 5.13 Å². The van der Waals surface area contributed by atoms with Crippen LogP contribution in [0.4, 0.5) is 5.13 Å². The zero-order valence-corrected chi connectivity index (χ0v) is 18.4. The second-order valence-corrected chi connectivity index (χ2v) is 9.46. The van der Waals surface area contributed by atoms with Crippen LogP contribution in [0.3, 0.4) is 0 Å². The molecule has 6 rings (SSSR count). The number of hydrogen-bond acceptors (Lipinski definition) is 6. The number of benzene rings is 1. The number of anilines is 1. The third kappa shape index (κ3) is 3.65. The molecule has 8 heteroatoms. The van der Waals surface area contributed by atoms with Crippen molar-refractivity contribution in [2.45, 2.75) is 44.2 Å². The fourth-order valence-electron chi connectivity index (χ4n) is 4.51. The Kier molecular flexibility index (Phi) is 4.88. The van der Waals surface area contributed by atoms with Gasteiger partial charge >= 0.3 is 0 Å². The molecule has 1 aromatic carbocycles. The van der Waals surface area contributed by atoms with Crippen molar-refractivity contribution >= 4 is 32.3 Å². The molecule has 4 heterocycles. The van der Waals surface area contributed by atoms with Gasteiger partial charge in [0, 0.05) is 43.0 Å². The SMILES string of the molecule is O[C@@H]1CCCCC1Nc1nc2ccc(Cc3cnc4cc(-n5ccnc5)ccn34)cc2s1. The lowest BCUT2D eigenvalue weighted by Gasteiger charge is -2.27. The number of imidazole rings is 2. The first-order valence-corrected chi connectivity index (χ1v) is 11.8. The predicted octanol–water partition coefficient (Wildman–Crippen LogP) is 4.44. The Bertz CT molecular complexity index is 1370. The summed E-state index contributed by atoms with van der Waals surface area (Å²) >= 11 is 1.66. The van der Waals surface area contributed by atoms with Crippen LogP contribution in [0.1, 0.15) is 36.9 Å². The number of fused-ring (bicyclic) bond motifs is 2. The number of aromatic nitrogens is 5. The number of rotatable bonds is 5. The van der Waals surface area contributed by atoms with E-state index in [1.165, 1.54) is 5.56 Å². The summed E-state index contributed by atoms with van der Waals surface area (Å²) in [5.41, 5.74) is 5.33. The molecule has 5 aromatic rings. The number of hydrogen-bond donors (Lipinski definition) is 2. The van der Waals surface area contributed by atoms with E-state index in [9.17, 15) is 5.11 Å². The second kappa shape index (κ2) is 8.03. The van der Waals surface area contributed by atoms with E-state index >= 15 is 0 Å². The minimum Gasteiger partial charge on any atom is -0.391 e. The number of pyridine rings is 1. The highest BCUT2D eigenvalue weighted by atomic mass is 32.1. The van der Waals surface area contributed by atoms with E-state index < -0.39 is 0 Å². The van der Waals surface area contributed by atoms with Crippen molar-refractivity contribution in [1.29, 1.82) is 0 Å². The fourth-order valence-corrected chi connectivity index (χ4v) is 5.50. The maximum Gasteiger partial charge on any atom is 0.184 e. The maximum atomic E-state index is 10.3. The van der Waals surface area contributed by atoms with Gasteiger partial charge in [-0.25, -0.2) is 15.0 Å². The number of aliphatic hydroxyl groups excluding tert-OH is 1. The summed E-state index contributed by atoms with van der Waals surface area (Å²) in [6.45, 7) is 0. The molecular formula is C24H24N6OS. The second-order valence-electron chi connectivity index (χ2n) is 8.43. The highest BCUT2D eigenvalue weighted by molar-refractivity contribution is 7.22. The molecule has 1 aliphatic rings. The van der Waals surface area contributed by atoms with Gasteiger partial charge in [0.1, 0.15) is 5.65 Å². The van der Waals surface area contributed by atoms with Crippen LogP contribution in [0.5, 0.6) is 0 Å². The Morgan fingerprint density at radius 3 is 2.94 bits per heavy atom. The average Bonchev–Trinajstić information content (AvgIpc) is 3.55. The molecule has 1 aliphatic carbocycles. The maximum absolute atomic E-state index is 10.3. The molecule has 1 fully saturated rings. The van der Waals surface area contributed by atoms with Crippen LogP contribution in [0.2, 0.25) is 0 Å². The molecule has 162 valence electrons. The van der Waals surface area contributed by atoms with Crippen molar-refractivity contribution in [2.75, 3.05) is 5.32 Å². The van der Waals surface area contributed by atoms with Crippen LogP contribution < -0.4 is 5.32 Å². The van der Waals surface area contributed by atoms with Gasteiger partial charge in [-0.15, -0.1) is 0 Å². The normalized spacial score (nSPS) is 19.0. The van der Waals surface area contributed by atoms with Crippen molar-refractivity contribution in [3.8, 4) is 5.69 Å². The Morgan fingerprint density at radius 2 is 2.06 bits per heavy atom. The quantitative estimate of drug-likeness (QED) is 0.419. The van der Waals surface area contributed by atoms with Crippen LogP contribution in [0.25, 0.3) is 21.6 Å². The topological polar surface area (TPSA) is 80.3 Å². The van der Waals surface area contributed by atoms with Gasteiger partial charge in [0.25, 0.3) is 0 Å². The van der Waals surface area contributed by atoms with Crippen LogP contribution in [0, 0.1) is 0 Å². The van der Waals surface area contributed by atoms with Gasteiger partial charge in [-0.3, -0.25) is 0 Å². The molecule has 0 saturated heterocycles. The molecule has 0 amide bonds. The number of nitrogens with zero attached hydrogens (tertiary/aromatic N) is 5. The van der Waals surface area contributed by atoms with Gasteiger partial charge in [-0.1, -0.05) is 30.2 Å². The van der Waals surface area contributed by atoms with Crippen molar-refractivity contribution in [2.24, 2.45) is 0 Å². The summed E-state index contributed by atoms with van der Waals surface area (Å²) in [5, 5.41) is 14.6. The molecule has 7 nitrogen and oxygen atoms in total. The number of thiazole rings is 1. The minimum atomic E-state index is -0.282. The molecule has 1 saturated carbocycles. The monoisotopic (exact) mass is 444 g/mol. The Morgan fingerprint density at radius 1 is 1.12 bits per heavy atom. The van der Waals surface area contributed by atoms with Gasteiger partial charge in [-0.05, 0) is 36.6 Å². The molecule has 0 radical (unpaired) electrons. The molecule has 32 heavy (non-hydrogen) atoms. The molecular weight excluding hydrogens is 420 g/mol. The molecule has 2 N–H and O–H groups in total. The molecule has 0 spiro atoms. The van der Waals surface area contributed by atoms with E-state index in [1.807, 2.05) is 17.0 Å². The molecule has 0 aliphatic heterocycles. The summed E-state index contributed by atoms with van der Waals surface area (Å²) in [6, 6.07) is 10.7. The first-order chi connectivity index (χ1) is 15.7. The molecule has 0 bridgehead atoms. The van der Waals surface area contributed by atoms with Crippen molar-refractivity contribution in [3.63, 3.8) is 0 Å². The van der Waals surface area contributed by atoms with E-state index in [2.05, 4.69) is 56.2 Å². The standard InChI is InChI=1S/C24H24N6OS/c31-21-4-2-1-3-19(21)27-24-28-20-6-5-16(12-22(20)32-24)11-18-14-26-23-13-17(7-9-30(18)23)29-10-8-25-15-29/h5-10,12-15,19,21,31H,1-4,11H2,(H,27,28)/t19?,21-/m1/s1. The first kappa shape index (κ1) is 19.5. The smallest absolute Gasteiger partial charge is 0.184 e. The highest BCUT2D eigenvalue weighted by Gasteiger charge is 2.23. The van der Waals surface area contributed by atoms with Gasteiger partial charge in [-0.2, -0.15) is 0 Å². The average molecular weight is 445 g/mol. The van der Waals surface area contributed by atoms with E-state index in [0.717, 1.165) is 64.5 Å². The van der Waals surface area contributed by atoms with Crippen LogP contribution in [-0.4, -0.2) is 41.2 Å². The van der Waals surface area contributed by atoms with E-state index in [4.69, 9.17) is 4.98 Å². The first-order valence-electron chi connectivity index (χ1n) is 11.0. The summed E-state index contributed by atoms with van der Waals surface area (Å²) < 4.78 is 5.27. The molecule has 4 aromatic heterocycles. The van der Waals surface area contributed by atoms with E-state index in [0.29, 0.717) is 0 Å². The predicted molar refractivity (Wildman–Crippen MR) is 127 cm³/mol. The van der Waals surface area contributed by atoms with E-state index in [-0.39, 0.29) is 12.1 Å². The third-order valence-corrected chi connectivity index (χ3v) is 7.20. The van der Waals surface area contributed by atoms with Crippen molar-refractivity contribution in [3.05, 3.63) is 72.7 Å². The summed E-state index contributed by atoms with van der Waals surface area (Å²) in [6.07, 6.45) is 14.2. The summed E-state index contributed by atoms with van der Waals surface area (Å²) in [7, 11) is 0. The number of aliphatic hydroxyl groups is 1. The van der Waals surface area contributed by atoms with Gasteiger partial charge in [0.05, 0.1) is 34.4 Å². The van der Waals surface area contributed by atoms with Crippen LogP contribution in [0.15, 0.2) is 61.4 Å². The minimum absolute atomic E-state index is 0.106. The third-order valence-electron chi connectivity index (χ3n) is 6.25. The zero-order valence-electron chi connectivity index (χ0n) is 17.6. The lowest BCUT2D eigenvalue weighted by atomic mass is 9.93. The summed E-state index contributed by atoms with van der Waals surface area (Å²) in [4.78, 5) is 13.5. The molecule has 1 unspecified atom stereocenters. The van der Waals surface area contributed by atoms with E-state index in [1.54, 1.807) is 23.9 Å². The Balaban J connectivity index is 1.23. The Hall–Kier alpha value is -3.23. The number of nitrogens with one attached hydrogen (secondary N) is 1. The fraction of sp³-hybridized carbons (Fsp3) is 0.292. The Labute approximate surface area is 189 Å². The largest absolute Gasteiger partial charge is 0.391 e. The lowest BCUT2D eigenvalue weighted by Crippen LogP contribution is -2.36. The zero-order chi connectivity index (χ0) is 21.5. The van der Waals surface area contributed by atoms with Crippen LogP contribution >= 0.6 is 11.3 Å².